The van der Waals surface area contributed by atoms with E-state index >= 15 is 0 Å². The number of halogens is 1. The maximum Gasteiger partial charge on any atom is 0.233 e. The second-order valence-corrected chi connectivity index (χ2v) is 15.2. The molecule has 2 unspecified atom stereocenters. The van der Waals surface area contributed by atoms with Gasteiger partial charge in [-0.3, -0.25) is 4.79 Å². The molecule has 0 spiro atoms. The van der Waals surface area contributed by atoms with Crippen LogP contribution in [-0.2, 0) is 9.22 Å². The highest BCUT2D eigenvalue weighted by Gasteiger charge is 2.62. The van der Waals surface area contributed by atoms with Gasteiger partial charge in [-0.25, -0.2) is 0 Å². The third kappa shape index (κ3) is 3.42. The molecule has 4 atom stereocenters. The summed E-state index contributed by atoms with van der Waals surface area (Å²) in [5.41, 5.74) is 0.442. The van der Waals surface area contributed by atoms with Gasteiger partial charge in [0.25, 0.3) is 0 Å². The summed E-state index contributed by atoms with van der Waals surface area (Å²) in [6.07, 6.45) is 0.549. The minimum atomic E-state index is -2.05. The average molecular weight is 435 g/mol. The molecule has 7 heteroatoms. The number of amides is 1. The lowest BCUT2D eigenvalue weighted by atomic mass is 9.78. The van der Waals surface area contributed by atoms with Crippen molar-refractivity contribution >= 4 is 25.8 Å². The number of fused-ring (bicyclic) bond motifs is 1. The van der Waals surface area contributed by atoms with Crippen LogP contribution >= 0.6 is 11.6 Å². The summed E-state index contributed by atoms with van der Waals surface area (Å²) < 4.78 is 6.65. The van der Waals surface area contributed by atoms with E-state index in [1.165, 1.54) is 0 Å². The van der Waals surface area contributed by atoms with Crippen molar-refractivity contribution in [3.63, 3.8) is 0 Å². The standard InChI is InChI=1S/C22H31ClN2O3Si/c1-13-15(9-8-14(12-24)18(13)23)17-20(26)25-11-10-16(19(25)22(17,5)27)28-29(6,7)21(2,3)4/h8-9,16-17,19,27H,10-11H2,1-7H3/t16-,17?,19-,22?/m0/s1. The fourth-order valence-corrected chi connectivity index (χ4v) is 6.09. The molecule has 1 amide bonds. The summed E-state index contributed by atoms with van der Waals surface area (Å²) in [5, 5.41) is 21.2. The normalized spacial score (nSPS) is 29.9. The summed E-state index contributed by atoms with van der Waals surface area (Å²) in [6.45, 7) is 15.1. The molecule has 5 nitrogen and oxygen atoms in total. The lowest BCUT2D eigenvalue weighted by Gasteiger charge is -2.42. The van der Waals surface area contributed by atoms with Gasteiger partial charge >= 0.3 is 0 Å². The Balaban J connectivity index is 1.99. The van der Waals surface area contributed by atoms with E-state index in [-0.39, 0.29) is 23.1 Å². The van der Waals surface area contributed by atoms with Crippen molar-refractivity contribution in [2.24, 2.45) is 0 Å². The topological polar surface area (TPSA) is 73.6 Å². The predicted molar refractivity (Wildman–Crippen MR) is 116 cm³/mol. The zero-order valence-electron chi connectivity index (χ0n) is 18.3. The molecule has 2 heterocycles. The van der Waals surface area contributed by atoms with Gasteiger partial charge in [-0.2, -0.15) is 5.26 Å². The lowest BCUT2D eigenvalue weighted by Crippen LogP contribution is -2.53. The van der Waals surface area contributed by atoms with Crippen molar-refractivity contribution in [2.75, 3.05) is 6.54 Å². The van der Waals surface area contributed by atoms with Crippen LogP contribution in [0.5, 0.6) is 0 Å². The number of nitriles is 1. The first kappa shape index (κ1) is 22.3. The number of nitrogens with zero attached hydrogens (tertiary/aromatic N) is 2. The van der Waals surface area contributed by atoms with Crippen LogP contribution in [0, 0.1) is 18.3 Å². The summed E-state index contributed by atoms with van der Waals surface area (Å²) in [5.74, 6) is -0.811. The second-order valence-electron chi connectivity index (χ2n) is 10.1. The Morgan fingerprint density at radius 2 is 2.00 bits per heavy atom. The first-order chi connectivity index (χ1) is 13.2. The highest BCUT2D eigenvalue weighted by molar-refractivity contribution is 6.74. The van der Waals surface area contributed by atoms with Gasteiger partial charge in [0, 0.05) is 6.54 Å². The van der Waals surface area contributed by atoms with E-state index in [0.717, 1.165) is 6.42 Å². The van der Waals surface area contributed by atoms with Crippen LogP contribution in [0.1, 0.15) is 56.7 Å². The quantitative estimate of drug-likeness (QED) is 0.717. The molecule has 1 aromatic rings. The molecule has 0 radical (unpaired) electrons. The van der Waals surface area contributed by atoms with E-state index in [1.807, 2.05) is 0 Å². The van der Waals surface area contributed by atoms with E-state index in [4.69, 9.17) is 16.0 Å². The third-order valence-corrected chi connectivity index (χ3v) is 12.2. The molecule has 0 aliphatic carbocycles. The Kier molecular flexibility index (Phi) is 5.45. The van der Waals surface area contributed by atoms with Crippen molar-refractivity contribution in [3.8, 4) is 6.07 Å². The maximum absolute atomic E-state index is 13.3. The van der Waals surface area contributed by atoms with Crippen LogP contribution in [0.4, 0.5) is 0 Å². The summed E-state index contributed by atoms with van der Waals surface area (Å²) in [6, 6.07) is 5.06. The summed E-state index contributed by atoms with van der Waals surface area (Å²) in [7, 11) is -2.05. The van der Waals surface area contributed by atoms with Crippen LogP contribution in [0.3, 0.4) is 0 Å². The monoisotopic (exact) mass is 434 g/mol. The summed E-state index contributed by atoms with van der Waals surface area (Å²) in [4.78, 5) is 15.1. The van der Waals surface area contributed by atoms with Crippen LogP contribution in [0.2, 0.25) is 23.2 Å². The fraction of sp³-hybridized carbons (Fsp3) is 0.636. The molecule has 0 aromatic heterocycles. The SMILES string of the molecule is Cc1c(C2C(=O)N3CC[C@H](O[Si](C)(C)C(C)(C)C)[C@H]3C2(C)O)ccc(C#N)c1Cl. The molecule has 2 fully saturated rings. The number of aliphatic hydroxyl groups is 1. The fourth-order valence-electron chi connectivity index (χ4n) is 4.52. The van der Waals surface area contributed by atoms with Gasteiger partial charge in [-0.1, -0.05) is 38.4 Å². The Morgan fingerprint density at radius 1 is 1.38 bits per heavy atom. The van der Waals surface area contributed by atoms with E-state index < -0.39 is 19.8 Å². The molecular weight excluding hydrogens is 404 g/mol. The Morgan fingerprint density at radius 3 is 2.55 bits per heavy atom. The highest BCUT2D eigenvalue weighted by Crippen LogP contribution is 2.49. The molecule has 0 bridgehead atoms. The van der Waals surface area contributed by atoms with E-state index in [0.29, 0.717) is 28.3 Å². The Bertz CT molecular complexity index is 885. The van der Waals surface area contributed by atoms with Crippen molar-refractivity contribution in [3.05, 3.63) is 33.8 Å². The van der Waals surface area contributed by atoms with Gasteiger partial charge in [0.2, 0.25) is 5.91 Å². The first-order valence-corrected chi connectivity index (χ1v) is 13.4. The molecule has 1 aromatic carbocycles. The highest BCUT2D eigenvalue weighted by atomic mass is 35.5. The number of carbonyl (C=O) groups excluding carboxylic acids is 1. The lowest BCUT2D eigenvalue weighted by molar-refractivity contribution is -0.129. The average Bonchev–Trinajstić information content (AvgIpc) is 3.09. The predicted octanol–water partition coefficient (Wildman–Crippen LogP) is 4.36. The molecule has 0 saturated carbocycles. The number of carbonyl (C=O) groups is 1. The molecule has 3 rings (SSSR count). The van der Waals surface area contributed by atoms with Gasteiger partial charge in [-0.15, -0.1) is 0 Å². The molecule has 1 N–H and O–H groups in total. The zero-order valence-corrected chi connectivity index (χ0v) is 20.1. The molecule has 2 saturated heterocycles. The number of hydrogen-bond donors (Lipinski definition) is 1. The van der Waals surface area contributed by atoms with Gasteiger partial charge in [0.1, 0.15) is 11.7 Å². The van der Waals surface area contributed by atoms with Gasteiger partial charge in [0.15, 0.2) is 8.32 Å². The molecular formula is C22H31ClN2O3Si. The van der Waals surface area contributed by atoms with Gasteiger partial charge in [0.05, 0.1) is 28.6 Å². The smallest absolute Gasteiger partial charge is 0.233 e. The van der Waals surface area contributed by atoms with E-state index in [1.54, 1.807) is 30.9 Å². The third-order valence-electron chi connectivity index (χ3n) is 7.17. The van der Waals surface area contributed by atoms with Crippen molar-refractivity contribution < 1.29 is 14.3 Å². The second kappa shape index (κ2) is 7.09. The number of benzene rings is 1. The maximum atomic E-state index is 13.3. The first-order valence-electron chi connectivity index (χ1n) is 10.1. The van der Waals surface area contributed by atoms with Crippen molar-refractivity contribution in [1.29, 1.82) is 5.26 Å². The minimum absolute atomic E-state index is 0.0472. The Labute approximate surface area is 179 Å². The number of hydrogen-bond acceptors (Lipinski definition) is 4. The molecule has 158 valence electrons. The van der Waals surface area contributed by atoms with Gasteiger partial charge < -0.3 is 14.4 Å². The van der Waals surface area contributed by atoms with Crippen LogP contribution < -0.4 is 0 Å². The van der Waals surface area contributed by atoms with Crippen molar-refractivity contribution in [1.82, 2.24) is 4.90 Å². The number of rotatable bonds is 3. The summed E-state index contributed by atoms with van der Waals surface area (Å²) >= 11 is 6.36. The largest absolute Gasteiger partial charge is 0.412 e. The zero-order chi connectivity index (χ0) is 21.9. The molecule has 2 aliphatic heterocycles. The van der Waals surface area contributed by atoms with Crippen LogP contribution in [-0.4, -0.2) is 48.5 Å². The van der Waals surface area contributed by atoms with Crippen LogP contribution in [0.25, 0.3) is 0 Å². The van der Waals surface area contributed by atoms with Crippen molar-refractivity contribution in [2.45, 2.75) is 82.8 Å². The Hall–Kier alpha value is -1.39. The van der Waals surface area contributed by atoms with E-state index in [9.17, 15) is 15.2 Å². The minimum Gasteiger partial charge on any atom is -0.412 e. The molecule has 2 aliphatic rings. The van der Waals surface area contributed by atoms with E-state index in [2.05, 4.69) is 39.9 Å². The molecule has 29 heavy (non-hydrogen) atoms. The van der Waals surface area contributed by atoms with Gasteiger partial charge in [-0.05, 0) is 55.6 Å². The van der Waals surface area contributed by atoms with Crippen LogP contribution in [0.15, 0.2) is 12.1 Å².